The van der Waals surface area contributed by atoms with E-state index in [0.717, 1.165) is 65.6 Å². The minimum atomic E-state index is -0.673. The summed E-state index contributed by atoms with van der Waals surface area (Å²) in [5.74, 6) is 1.85. The minimum Gasteiger partial charge on any atom is -0.384 e. The summed E-state index contributed by atoms with van der Waals surface area (Å²) in [5, 5.41) is 19.3. The molecule has 0 bridgehead atoms. The highest BCUT2D eigenvalue weighted by Gasteiger charge is 2.22. The van der Waals surface area contributed by atoms with Gasteiger partial charge in [0, 0.05) is 68.5 Å². The lowest BCUT2D eigenvalue weighted by Gasteiger charge is -2.36. The smallest absolute Gasteiger partial charge is 0.156 e. The van der Waals surface area contributed by atoms with Crippen LogP contribution in [0.4, 0.5) is 11.6 Å². The van der Waals surface area contributed by atoms with Crippen LogP contribution in [0.15, 0.2) is 79.6 Å². The molecule has 0 aliphatic carbocycles. The fraction of sp³-hybridized carbons (Fsp3) is 0.231. The number of rotatable bonds is 5. The number of hydrogen-bond acceptors (Lipinski definition) is 7. The van der Waals surface area contributed by atoms with Crippen molar-refractivity contribution in [1.82, 2.24) is 29.4 Å². The molecule has 35 heavy (non-hydrogen) atoms. The lowest BCUT2D eigenvalue weighted by atomic mass is 10.0. The van der Waals surface area contributed by atoms with E-state index in [1.807, 2.05) is 72.6 Å². The molecule has 9 nitrogen and oxygen atoms in total. The Morgan fingerprint density at radius 3 is 2.31 bits per heavy atom. The quantitative estimate of drug-likeness (QED) is 0.426. The van der Waals surface area contributed by atoms with Crippen molar-refractivity contribution in [2.75, 3.05) is 36.0 Å². The van der Waals surface area contributed by atoms with Crippen molar-refractivity contribution in [3.05, 3.63) is 90.8 Å². The SMILES string of the molecule is Cn1cc(-c2cc3c(N4CCN(c5ccc(C(O)c6ccccc6)cn5)CC4)ncnn3c2)cn1. The topological polar surface area (TPSA) is 87.6 Å². The highest BCUT2D eigenvalue weighted by molar-refractivity contribution is 5.77. The first-order valence-electron chi connectivity index (χ1n) is 11.7. The fourth-order valence-electron chi connectivity index (χ4n) is 4.61. The second-order valence-corrected chi connectivity index (χ2v) is 8.78. The van der Waals surface area contributed by atoms with Gasteiger partial charge >= 0.3 is 0 Å². The van der Waals surface area contributed by atoms with Gasteiger partial charge in [-0.25, -0.2) is 14.5 Å². The number of aryl methyl sites for hydroxylation is 1. The molecule has 5 aromatic rings. The number of aromatic nitrogens is 6. The van der Waals surface area contributed by atoms with E-state index >= 15 is 0 Å². The molecule has 9 heteroatoms. The van der Waals surface area contributed by atoms with Gasteiger partial charge in [0.15, 0.2) is 5.82 Å². The molecule has 0 saturated carbocycles. The zero-order chi connectivity index (χ0) is 23.8. The van der Waals surface area contributed by atoms with E-state index in [-0.39, 0.29) is 0 Å². The van der Waals surface area contributed by atoms with Crippen LogP contribution < -0.4 is 9.80 Å². The molecule has 0 spiro atoms. The van der Waals surface area contributed by atoms with Crippen molar-refractivity contribution >= 4 is 17.2 Å². The number of anilines is 2. The van der Waals surface area contributed by atoms with E-state index in [0.29, 0.717) is 0 Å². The monoisotopic (exact) mass is 466 g/mol. The summed E-state index contributed by atoms with van der Waals surface area (Å²) in [6, 6.07) is 15.7. The van der Waals surface area contributed by atoms with E-state index in [1.165, 1.54) is 0 Å². The predicted octanol–water partition coefficient (Wildman–Crippen LogP) is 2.93. The minimum absolute atomic E-state index is 0.673. The van der Waals surface area contributed by atoms with Gasteiger partial charge in [0.25, 0.3) is 0 Å². The maximum absolute atomic E-state index is 10.6. The van der Waals surface area contributed by atoms with Crippen molar-refractivity contribution in [3.63, 3.8) is 0 Å². The first-order valence-corrected chi connectivity index (χ1v) is 11.7. The molecule has 1 atom stereocenters. The Morgan fingerprint density at radius 2 is 1.60 bits per heavy atom. The lowest BCUT2D eigenvalue weighted by molar-refractivity contribution is 0.220. The zero-order valence-corrected chi connectivity index (χ0v) is 19.4. The van der Waals surface area contributed by atoms with E-state index in [9.17, 15) is 5.11 Å². The molecule has 4 aromatic heterocycles. The summed E-state index contributed by atoms with van der Waals surface area (Å²) in [5.41, 5.74) is 4.77. The molecule has 1 aliphatic heterocycles. The third-order valence-corrected chi connectivity index (χ3v) is 6.53. The molecule has 176 valence electrons. The van der Waals surface area contributed by atoms with Gasteiger partial charge in [-0.3, -0.25) is 4.68 Å². The largest absolute Gasteiger partial charge is 0.384 e. The molecular formula is C26H26N8O. The third kappa shape index (κ3) is 4.10. The molecule has 1 saturated heterocycles. The molecule has 1 unspecified atom stereocenters. The van der Waals surface area contributed by atoms with Crippen molar-refractivity contribution in [3.8, 4) is 11.1 Å². The van der Waals surface area contributed by atoms with Gasteiger partial charge in [0.1, 0.15) is 23.8 Å². The lowest BCUT2D eigenvalue weighted by Crippen LogP contribution is -2.47. The van der Waals surface area contributed by atoms with Crippen molar-refractivity contribution < 1.29 is 5.11 Å². The summed E-state index contributed by atoms with van der Waals surface area (Å²) in [6.07, 6.45) is 8.58. The molecular weight excluding hydrogens is 440 g/mol. The van der Waals surface area contributed by atoms with Crippen molar-refractivity contribution in [1.29, 1.82) is 0 Å². The van der Waals surface area contributed by atoms with Crippen LogP contribution in [0.2, 0.25) is 0 Å². The summed E-state index contributed by atoms with van der Waals surface area (Å²) in [7, 11) is 1.91. The van der Waals surface area contributed by atoms with Crippen LogP contribution in [-0.2, 0) is 7.05 Å². The van der Waals surface area contributed by atoms with Crippen LogP contribution in [0, 0.1) is 0 Å². The second-order valence-electron chi connectivity index (χ2n) is 8.78. The number of benzene rings is 1. The molecule has 6 rings (SSSR count). The van der Waals surface area contributed by atoms with Crippen molar-refractivity contribution in [2.45, 2.75) is 6.10 Å². The second kappa shape index (κ2) is 8.84. The number of aliphatic hydroxyl groups excluding tert-OH is 1. The summed E-state index contributed by atoms with van der Waals surface area (Å²) in [4.78, 5) is 13.8. The van der Waals surface area contributed by atoms with E-state index in [2.05, 4.69) is 36.0 Å². The highest BCUT2D eigenvalue weighted by atomic mass is 16.3. The normalized spacial score (nSPS) is 15.0. The van der Waals surface area contributed by atoms with Crippen LogP contribution in [-0.4, -0.2) is 60.6 Å². The van der Waals surface area contributed by atoms with E-state index < -0.39 is 6.10 Å². The average Bonchev–Trinajstić information content (AvgIpc) is 3.55. The summed E-state index contributed by atoms with van der Waals surface area (Å²) in [6.45, 7) is 3.33. The molecule has 1 aromatic carbocycles. The van der Waals surface area contributed by atoms with Gasteiger partial charge < -0.3 is 14.9 Å². The highest BCUT2D eigenvalue weighted by Crippen LogP contribution is 2.28. The molecule has 1 N–H and O–H groups in total. The number of pyridine rings is 1. The first kappa shape index (κ1) is 21.3. The Balaban J connectivity index is 1.16. The van der Waals surface area contributed by atoms with Crippen LogP contribution in [0.25, 0.3) is 16.6 Å². The Morgan fingerprint density at radius 1 is 0.800 bits per heavy atom. The molecule has 1 aliphatic rings. The van der Waals surface area contributed by atoms with Gasteiger partial charge in [0.05, 0.1) is 6.20 Å². The predicted molar refractivity (Wildman–Crippen MR) is 134 cm³/mol. The first-order chi connectivity index (χ1) is 17.2. The maximum atomic E-state index is 10.6. The Hall–Kier alpha value is -4.24. The van der Waals surface area contributed by atoms with Crippen LogP contribution in [0.5, 0.6) is 0 Å². The summed E-state index contributed by atoms with van der Waals surface area (Å²) < 4.78 is 3.68. The maximum Gasteiger partial charge on any atom is 0.156 e. The Labute approximate surface area is 202 Å². The van der Waals surface area contributed by atoms with Crippen LogP contribution >= 0.6 is 0 Å². The number of hydrogen-bond donors (Lipinski definition) is 1. The Bertz CT molecular complexity index is 1440. The average molecular weight is 467 g/mol. The fourth-order valence-corrected chi connectivity index (χ4v) is 4.61. The van der Waals surface area contributed by atoms with Gasteiger partial charge in [-0.2, -0.15) is 10.2 Å². The number of piperazine rings is 1. The van der Waals surface area contributed by atoms with Gasteiger partial charge in [-0.05, 0) is 17.7 Å². The molecule has 0 radical (unpaired) electrons. The zero-order valence-electron chi connectivity index (χ0n) is 19.4. The molecule has 1 fully saturated rings. The van der Waals surface area contributed by atoms with E-state index in [4.69, 9.17) is 0 Å². The number of aliphatic hydroxyl groups is 1. The van der Waals surface area contributed by atoms with Gasteiger partial charge in [0.2, 0.25) is 0 Å². The summed E-state index contributed by atoms with van der Waals surface area (Å²) >= 11 is 0. The van der Waals surface area contributed by atoms with E-state index in [1.54, 1.807) is 17.2 Å². The van der Waals surface area contributed by atoms with Crippen LogP contribution in [0.3, 0.4) is 0 Å². The molecule has 5 heterocycles. The molecule has 0 amide bonds. The standard InChI is InChI=1S/C26H26N8O/c1-31-16-22(15-29-31)21-13-23-26(28-18-30-34(23)17-21)33-11-9-32(10-12-33)24-8-7-20(14-27-24)25(35)19-5-3-2-4-6-19/h2-8,13-18,25,35H,9-12H2,1H3. The van der Waals surface area contributed by atoms with Crippen molar-refractivity contribution in [2.24, 2.45) is 7.05 Å². The Kier molecular flexibility index (Phi) is 5.38. The third-order valence-electron chi connectivity index (χ3n) is 6.53. The number of nitrogens with zero attached hydrogens (tertiary/aromatic N) is 8. The van der Waals surface area contributed by atoms with Crippen LogP contribution in [0.1, 0.15) is 17.2 Å². The van der Waals surface area contributed by atoms with Gasteiger partial charge in [-0.15, -0.1) is 0 Å². The number of fused-ring (bicyclic) bond motifs is 1. The van der Waals surface area contributed by atoms with Gasteiger partial charge in [-0.1, -0.05) is 36.4 Å².